The maximum Gasteiger partial charge on any atom is 0.213 e. The van der Waals surface area contributed by atoms with Crippen LogP contribution in [0.5, 0.6) is 0 Å². The Morgan fingerprint density at radius 3 is 2.28 bits per heavy atom. The van der Waals surface area contributed by atoms with E-state index >= 15 is 0 Å². The van der Waals surface area contributed by atoms with E-state index in [1.807, 2.05) is 0 Å². The van der Waals surface area contributed by atoms with Crippen LogP contribution in [0.15, 0.2) is 16.5 Å². The number of aromatic nitrogens is 1. The molecule has 0 saturated carbocycles. The lowest BCUT2D eigenvalue weighted by molar-refractivity contribution is 0.476. The van der Waals surface area contributed by atoms with Crippen molar-refractivity contribution in [3.05, 3.63) is 46.9 Å². The van der Waals surface area contributed by atoms with Gasteiger partial charge in [-0.15, -0.1) is 0 Å². The zero-order valence-electron chi connectivity index (χ0n) is 9.85. The first kappa shape index (κ1) is 12.5. The monoisotopic (exact) mass is 256 g/mol. The van der Waals surface area contributed by atoms with Crippen LogP contribution in [0.1, 0.15) is 17.3 Å². The van der Waals surface area contributed by atoms with Crippen LogP contribution in [-0.4, -0.2) is 4.98 Å². The fourth-order valence-electron chi connectivity index (χ4n) is 1.49. The van der Waals surface area contributed by atoms with Crippen LogP contribution >= 0.6 is 0 Å². The molecule has 0 aliphatic heterocycles. The Balaban J connectivity index is 2.15. The topological polar surface area (TPSA) is 38.1 Å². The van der Waals surface area contributed by atoms with Gasteiger partial charge in [0.15, 0.2) is 11.6 Å². The van der Waals surface area contributed by atoms with Crippen LogP contribution in [-0.2, 0) is 6.54 Å². The molecular weight excluding hydrogens is 245 g/mol. The molecule has 0 aliphatic carbocycles. The minimum atomic E-state index is -0.993. The van der Waals surface area contributed by atoms with Crippen LogP contribution in [0.2, 0.25) is 0 Å². The van der Waals surface area contributed by atoms with E-state index in [1.54, 1.807) is 13.8 Å². The molecule has 0 fully saturated rings. The standard InChI is InChI=1S/C12H11F3N2O/c1-6-7(2)18-11(17-6)5-16-12-9(14)3-8(13)4-10(12)15/h3-4,16H,5H2,1-2H3. The highest BCUT2D eigenvalue weighted by Crippen LogP contribution is 2.21. The van der Waals surface area contributed by atoms with Gasteiger partial charge in [-0.3, -0.25) is 0 Å². The molecule has 0 aliphatic rings. The third-order valence-electron chi connectivity index (χ3n) is 2.50. The lowest BCUT2D eigenvalue weighted by Crippen LogP contribution is -2.04. The maximum atomic E-state index is 13.3. The van der Waals surface area contributed by atoms with Gasteiger partial charge in [0.1, 0.15) is 17.3 Å². The van der Waals surface area contributed by atoms with Gasteiger partial charge >= 0.3 is 0 Å². The second-order valence-corrected chi connectivity index (χ2v) is 3.85. The second-order valence-electron chi connectivity index (χ2n) is 3.85. The van der Waals surface area contributed by atoms with Gasteiger partial charge in [-0.25, -0.2) is 18.2 Å². The molecule has 96 valence electrons. The first-order valence-electron chi connectivity index (χ1n) is 5.28. The molecule has 0 spiro atoms. The highest BCUT2D eigenvalue weighted by atomic mass is 19.1. The first-order chi connectivity index (χ1) is 8.47. The predicted molar refractivity (Wildman–Crippen MR) is 59.6 cm³/mol. The summed E-state index contributed by atoms with van der Waals surface area (Å²) in [6.45, 7) is 3.53. The summed E-state index contributed by atoms with van der Waals surface area (Å²) in [7, 11) is 0. The molecule has 1 N–H and O–H groups in total. The normalized spacial score (nSPS) is 10.7. The number of hydrogen-bond donors (Lipinski definition) is 1. The highest BCUT2D eigenvalue weighted by molar-refractivity contribution is 5.46. The minimum Gasteiger partial charge on any atom is -0.444 e. The van der Waals surface area contributed by atoms with Crippen molar-refractivity contribution in [2.45, 2.75) is 20.4 Å². The number of oxazole rings is 1. The summed E-state index contributed by atoms with van der Waals surface area (Å²) in [6.07, 6.45) is 0. The molecule has 18 heavy (non-hydrogen) atoms. The summed E-state index contributed by atoms with van der Waals surface area (Å²) >= 11 is 0. The molecule has 6 heteroatoms. The number of nitrogens with one attached hydrogen (secondary N) is 1. The van der Waals surface area contributed by atoms with E-state index in [9.17, 15) is 13.2 Å². The maximum absolute atomic E-state index is 13.3. The summed E-state index contributed by atoms with van der Waals surface area (Å²) in [5, 5.41) is 2.49. The first-order valence-corrected chi connectivity index (χ1v) is 5.28. The van der Waals surface area contributed by atoms with E-state index in [1.165, 1.54) is 0 Å². The van der Waals surface area contributed by atoms with Crippen molar-refractivity contribution in [2.75, 3.05) is 5.32 Å². The minimum absolute atomic E-state index is 0.0220. The molecule has 3 nitrogen and oxygen atoms in total. The zero-order valence-corrected chi connectivity index (χ0v) is 9.85. The number of rotatable bonds is 3. The average Bonchev–Trinajstić information content (AvgIpc) is 2.56. The highest BCUT2D eigenvalue weighted by Gasteiger charge is 2.12. The molecule has 0 unspecified atom stereocenters. The summed E-state index contributed by atoms with van der Waals surface area (Å²) < 4.78 is 44.5. The SMILES string of the molecule is Cc1nc(CNc2c(F)cc(F)cc2F)oc1C. The second kappa shape index (κ2) is 4.72. The molecule has 2 aromatic rings. The molecule has 1 aromatic carbocycles. The Kier molecular flexibility index (Phi) is 3.27. The van der Waals surface area contributed by atoms with Gasteiger partial charge < -0.3 is 9.73 Å². The lowest BCUT2D eigenvalue weighted by atomic mass is 10.3. The summed E-state index contributed by atoms with van der Waals surface area (Å²) in [4.78, 5) is 4.05. The number of nitrogens with zero attached hydrogens (tertiary/aromatic N) is 1. The van der Waals surface area contributed by atoms with Crippen molar-refractivity contribution < 1.29 is 17.6 Å². The van der Waals surface area contributed by atoms with Gasteiger partial charge in [0.2, 0.25) is 5.89 Å². The van der Waals surface area contributed by atoms with Crippen LogP contribution < -0.4 is 5.32 Å². The smallest absolute Gasteiger partial charge is 0.213 e. The van der Waals surface area contributed by atoms with Gasteiger partial charge in [0.25, 0.3) is 0 Å². The zero-order chi connectivity index (χ0) is 13.3. The van der Waals surface area contributed by atoms with E-state index in [2.05, 4.69) is 10.3 Å². The Hall–Kier alpha value is -1.98. The van der Waals surface area contributed by atoms with Crippen molar-refractivity contribution >= 4 is 5.69 Å². The average molecular weight is 256 g/mol. The third-order valence-corrected chi connectivity index (χ3v) is 2.50. The van der Waals surface area contributed by atoms with Gasteiger partial charge in [-0.05, 0) is 13.8 Å². The molecule has 1 heterocycles. The van der Waals surface area contributed by atoms with E-state index in [0.717, 1.165) is 0 Å². The predicted octanol–water partition coefficient (Wildman–Crippen LogP) is 3.32. The number of hydrogen-bond acceptors (Lipinski definition) is 3. The molecule has 0 amide bonds. The van der Waals surface area contributed by atoms with Crippen molar-refractivity contribution in [3.63, 3.8) is 0 Å². The van der Waals surface area contributed by atoms with Crippen LogP contribution in [0.3, 0.4) is 0 Å². The van der Waals surface area contributed by atoms with Crippen LogP contribution in [0.4, 0.5) is 18.9 Å². The van der Waals surface area contributed by atoms with E-state index in [-0.39, 0.29) is 6.54 Å². The van der Waals surface area contributed by atoms with E-state index in [4.69, 9.17) is 4.42 Å². The quantitative estimate of drug-likeness (QED) is 0.915. The number of aryl methyl sites for hydroxylation is 2. The van der Waals surface area contributed by atoms with E-state index in [0.29, 0.717) is 29.5 Å². The van der Waals surface area contributed by atoms with Crippen molar-refractivity contribution in [3.8, 4) is 0 Å². The molecule has 0 bridgehead atoms. The summed E-state index contributed by atoms with van der Waals surface area (Å²) in [5.41, 5.74) is 0.316. The van der Waals surface area contributed by atoms with E-state index < -0.39 is 23.1 Å². The van der Waals surface area contributed by atoms with Gasteiger partial charge in [-0.1, -0.05) is 0 Å². The number of benzene rings is 1. The molecule has 0 atom stereocenters. The molecule has 0 radical (unpaired) electrons. The summed E-state index contributed by atoms with van der Waals surface area (Å²) in [5.74, 6) is -1.99. The lowest BCUT2D eigenvalue weighted by Gasteiger charge is -2.06. The molecule has 1 aromatic heterocycles. The fraction of sp³-hybridized carbons (Fsp3) is 0.250. The number of anilines is 1. The van der Waals surface area contributed by atoms with Gasteiger partial charge in [-0.2, -0.15) is 0 Å². The Bertz CT molecular complexity index is 538. The van der Waals surface area contributed by atoms with Crippen molar-refractivity contribution in [2.24, 2.45) is 0 Å². The van der Waals surface area contributed by atoms with Crippen molar-refractivity contribution in [1.29, 1.82) is 0 Å². The van der Waals surface area contributed by atoms with Gasteiger partial charge in [0.05, 0.1) is 12.2 Å². The van der Waals surface area contributed by atoms with Crippen LogP contribution in [0.25, 0.3) is 0 Å². The summed E-state index contributed by atoms with van der Waals surface area (Å²) in [6, 6.07) is 1.22. The number of halogens is 3. The van der Waals surface area contributed by atoms with Crippen molar-refractivity contribution in [1.82, 2.24) is 4.98 Å². The molecule has 2 rings (SSSR count). The van der Waals surface area contributed by atoms with Crippen LogP contribution in [0, 0.1) is 31.3 Å². The molecular formula is C12H11F3N2O. The fourth-order valence-corrected chi connectivity index (χ4v) is 1.49. The largest absolute Gasteiger partial charge is 0.444 e. The Morgan fingerprint density at radius 1 is 1.17 bits per heavy atom. The third kappa shape index (κ3) is 2.47. The van der Waals surface area contributed by atoms with Gasteiger partial charge in [0, 0.05) is 12.1 Å². The Morgan fingerprint density at radius 2 is 1.78 bits per heavy atom. The Labute approximate surface area is 102 Å². The molecule has 0 saturated heterocycles.